The van der Waals surface area contributed by atoms with Gasteiger partial charge < -0.3 is 114 Å². The van der Waals surface area contributed by atoms with Gasteiger partial charge in [-0.25, -0.2) is 15.0 Å². The van der Waals surface area contributed by atoms with Crippen molar-refractivity contribution in [2.24, 2.45) is 35.2 Å². The molecule has 5 aromatic rings. The molecule has 5 aromatic heterocycles. The summed E-state index contributed by atoms with van der Waals surface area (Å²) in [4.78, 5) is 139. The Morgan fingerprint density at radius 1 is 0.400 bits per heavy atom. The number of hydrogen-bond acceptors (Lipinski definition) is 21. The third-order valence-electron chi connectivity index (χ3n) is 13.7. The average molecular weight is 1400 g/mol. The van der Waals surface area contributed by atoms with Crippen molar-refractivity contribution in [1.29, 1.82) is 0 Å². The molecule has 0 spiro atoms. The minimum atomic E-state index is -0.644. The fourth-order valence-corrected chi connectivity index (χ4v) is 8.89. The van der Waals surface area contributed by atoms with Gasteiger partial charge in [-0.2, -0.15) is 0 Å². The van der Waals surface area contributed by atoms with E-state index in [-0.39, 0.29) is 128 Å². The maximum Gasteiger partial charge on any atom is 0.291 e. The van der Waals surface area contributed by atoms with Crippen LogP contribution in [0.15, 0.2) is 66.7 Å². The topological polar surface area (TPSA) is 428 Å². The number of aromatic nitrogens is 8. The summed E-state index contributed by atoms with van der Waals surface area (Å²) in [6.45, 7) is 12.6. The predicted octanol–water partition coefficient (Wildman–Crippen LogP) is 1.64. The van der Waals surface area contributed by atoms with E-state index in [4.69, 9.17) is 37.9 Å². The lowest BCUT2D eigenvalue weighted by molar-refractivity contribution is -0.126. The number of hydrogen-bond donors (Lipinski definition) is 10. The van der Waals surface area contributed by atoms with Gasteiger partial charge in [-0.15, -0.1) is 0 Å². The van der Waals surface area contributed by atoms with E-state index in [1.54, 1.807) is 48.2 Å². The number of nitrogens with one attached hydrogen (secondary N) is 10. The van der Waals surface area contributed by atoms with Crippen LogP contribution < -0.4 is 53.2 Å². The molecule has 0 aliphatic heterocycles. The maximum atomic E-state index is 13.3. The monoisotopic (exact) mass is 1400 g/mol. The second-order valence-electron chi connectivity index (χ2n) is 22.1. The summed E-state index contributed by atoms with van der Waals surface area (Å²) in [6.07, 6.45) is 12.1. The molecule has 0 atom stereocenters. The van der Waals surface area contributed by atoms with Crippen LogP contribution in [0.2, 0.25) is 0 Å². The van der Waals surface area contributed by atoms with Crippen LogP contribution in [0.1, 0.15) is 113 Å². The molecule has 0 aliphatic rings. The zero-order valence-electron chi connectivity index (χ0n) is 58.1. The highest BCUT2D eigenvalue weighted by atomic mass is 16.6. The van der Waals surface area contributed by atoms with Crippen LogP contribution in [0, 0.1) is 0 Å². The first-order chi connectivity index (χ1) is 48.0. The van der Waals surface area contributed by atoms with Gasteiger partial charge in [-0.1, -0.05) is 13.8 Å². The van der Waals surface area contributed by atoms with Crippen LogP contribution in [-0.2, 0) is 97.1 Å². The molecule has 0 radical (unpaired) electrons. The average Bonchev–Trinajstić information content (AvgIpc) is 1.73. The highest BCUT2D eigenvalue weighted by Crippen LogP contribution is 2.18. The van der Waals surface area contributed by atoms with Crippen LogP contribution in [-0.4, -0.2) is 222 Å². The Labute approximate surface area is 578 Å². The smallest absolute Gasteiger partial charge is 0.291 e. The normalized spacial score (nSPS) is 11.4. The molecule has 0 bridgehead atoms. The zero-order valence-corrected chi connectivity index (χ0v) is 58.1. The first-order valence-corrected chi connectivity index (χ1v) is 32.4. The number of ether oxygens (including phenoxy) is 8. The molecular weight excluding hydrogens is 1310 g/mol. The third kappa shape index (κ3) is 29.9. The Morgan fingerprint density at radius 3 is 1.14 bits per heavy atom. The Hall–Kier alpha value is -10.1. The van der Waals surface area contributed by atoms with Crippen molar-refractivity contribution >= 4 is 87.9 Å². The maximum absolute atomic E-state index is 13.3. The van der Waals surface area contributed by atoms with E-state index >= 15 is 0 Å². The molecule has 0 aromatic carbocycles. The van der Waals surface area contributed by atoms with Crippen molar-refractivity contribution in [3.63, 3.8) is 0 Å². The molecular formula is C64H94N18O18. The molecule has 5 rings (SSSR count). The molecule has 5 heterocycles. The number of imidazole rings is 3. The first kappa shape index (κ1) is 80.6. The fourth-order valence-electron chi connectivity index (χ4n) is 8.89. The standard InChI is InChI=1S/C64H94N18O18/c1-10-17-66-62(90)57-75-50(39-80(57)7)72-54(85)15-19-67-60(88)48-36-46(38-78(48)5)71-64(92)59-77-52(41-82(59)9)74-55(86)16-20-68-61(89)49-35-45(37-79(49)6)70-63(91)58-76-51(40-81(58)8)73-53(84)14-18-65-56(87)42-99-32-31-97-28-27-95-24-23-93-21-22-94-25-26-96-29-30-98-33-34-100-47(11-2)13-12-43(3)69-44(4)83/h12-13,35-41H,10-11,14-34,42H2,1-9H3,(H,65,87)(H,66,90)(H,67,88)(H,68,89)(H,69,83)(H,70,91)(H,71,92)(H,72,85)(H,73,84)(H,74,86)/b43-12+,47-13+. The number of nitrogens with zero attached hydrogens (tertiary/aromatic N) is 8. The Bertz CT molecular complexity index is 3580. The van der Waals surface area contributed by atoms with Crippen LogP contribution in [0.5, 0.6) is 0 Å². The second-order valence-corrected chi connectivity index (χ2v) is 22.1. The Kier molecular flexibility index (Phi) is 35.5. The number of aryl methyl sites for hydroxylation is 5. The zero-order chi connectivity index (χ0) is 72.8. The highest BCUT2D eigenvalue weighted by Gasteiger charge is 2.22. The van der Waals surface area contributed by atoms with Crippen molar-refractivity contribution in [2.75, 3.05) is 152 Å². The molecule has 0 aliphatic carbocycles. The van der Waals surface area contributed by atoms with E-state index in [0.717, 1.165) is 17.9 Å². The van der Waals surface area contributed by atoms with Gasteiger partial charge in [-0.05, 0) is 37.6 Å². The molecule has 10 amide bonds. The summed E-state index contributed by atoms with van der Waals surface area (Å²) in [6, 6.07) is 2.87. The van der Waals surface area contributed by atoms with Crippen LogP contribution in [0.3, 0.4) is 0 Å². The van der Waals surface area contributed by atoms with E-state index < -0.39 is 47.3 Å². The molecule has 10 N–H and O–H groups in total. The largest absolute Gasteiger partial charge is 0.496 e. The summed E-state index contributed by atoms with van der Waals surface area (Å²) < 4.78 is 51.3. The predicted molar refractivity (Wildman–Crippen MR) is 364 cm³/mol. The number of rotatable bonds is 48. The van der Waals surface area contributed by atoms with Crippen molar-refractivity contribution < 1.29 is 85.8 Å². The van der Waals surface area contributed by atoms with Crippen molar-refractivity contribution in [1.82, 2.24) is 64.4 Å². The Morgan fingerprint density at radius 2 is 0.760 bits per heavy atom. The Balaban J connectivity index is 0.854. The highest BCUT2D eigenvalue weighted by molar-refractivity contribution is 6.05. The van der Waals surface area contributed by atoms with Gasteiger partial charge in [0.25, 0.3) is 29.5 Å². The molecule has 36 heteroatoms. The summed E-state index contributed by atoms with van der Waals surface area (Å²) in [5.41, 5.74) is 1.61. The summed E-state index contributed by atoms with van der Waals surface area (Å²) in [5, 5.41) is 26.5. The number of carbonyl (C=O) groups excluding carboxylic acids is 10. The minimum absolute atomic E-state index is 0.0108. The summed E-state index contributed by atoms with van der Waals surface area (Å²) >= 11 is 0. The SMILES string of the molecule is CCCNC(=O)c1nc(NC(=O)CCNC(=O)c2cc(NC(=O)c3nc(NC(=O)CCNC(=O)c4cc(NC(=O)c5nc(NC(=O)CCNC(=O)COCCOCCOCCOCCOCCOCCOCCO/C(=C/C=C(\C)NC(C)=O)CC)cn5C)cn4C)cn3C)cn2C)cn1C. The van der Waals surface area contributed by atoms with E-state index in [9.17, 15) is 47.9 Å². The van der Waals surface area contributed by atoms with E-state index in [1.807, 2.05) is 19.9 Å². The number of allylic oxidation sites excluding steroid dienone is 4. The van der Waals surface area contributed by atoms with Crippen molar-refractivity contribution in [3.05, 3.63) is 95.6 Å². The van der Waals surface area contributed by atoms with Gasteiger partial charge >= 0.3 is 0 Å². The van der Waals surface area contributed by atoms with E-state index in [1.165, 1.54) is 72.9 Å². The van der Waals surface area contributed by atoms with Gasteiger partial charge in [-0.3, -0.25) is 47.9 Å². The van der Waals surface area contributed by atoms with Crippen molar-refractivity contribution in [2.45, 2.75) is 59.8 Å². The quantitative estimate of drug-likeness (QED) is 0.0150. The number of anilines is 5. The molecule has 0 saturated heterocycles. The van der Waals surface area contributed by atoms with Crippen LogP contribution in [0.4, 0.5) is 28.8 Å². The molecule has 548 valence electrons. The van der Waals surface area contributed by atoms with Gasteiger partial charge in [0, 0.05) is 131 Å². The lowest BCUT2D eigenvalue weighted by Gasteiger charge is -2.10. The lowest BCUT2D eigenvalue weighted by atomic mass is 10.3. The molecule has 0 unspecified atom stereocenters. The van der Waals surface area contributed by atoms with Crippen LogP contribution >= 0.6 is 0 Å². The second kappa shape index (κ2) is 44.0. The van der Waals surface area contributed by atoms with Crippen LogP contribution in [0.25, 0.3) is 0 Å². The summed E-state index contributed by atoms with van der Waals surface area (Å²) in [7, 11) is 7.93. The molecule has 0 fully saturated rings. The van der Waals surface area contributed by atoms with E-state index in [0.29, 0.717) is 92.2 Å². The molecule has 0 saturated carbocycles. The molecule has 36 nitrogen and oxygen atoms in total. The van der Waals surface area contributed by atoms with Gasteiger partial charge in [0.2, 0.25) is 47.0 Å². The first-order valence-electron chi connectivity index (χ1n) is 32.4. The number of carbonyl (C=O) groups is 10. The third-order valence-corrected chi connectivity index (χ3v) is 13.7. The molecule has 100 heavy (non-hydrogen) atoms. The lowest BCUT2D eigenvalue weighted by Crippen LogP contribution is -2.31. The van der Waals surface area contributed by atoms with E-state index in [2.05, 4.69) is 68.1 Å². The van der Waals surface area contributed by atoms with Crippen molar-refractivity contribution in [3.8, 4) is 0 Å². The number of amides is 10. The van der Waals surface area contributed by atoms with Gasteiger partial charge in [0.1, 0.15) is 24.6 Å². The van der Waals surface area contributed by atoms with Gasteiger partial charge in [0.05, 0.1) is 103 Å². The summed E-state index contributed by atoms with van der Waals surface area (Å²) in [5.74, 6) is -3.53. The van der Waals surface area contributed by atoms with Gasteiger partial charge in [0.15, 0.2) is 17.5 Å². The fraction of sp³-hybridized carbons (Fsp3) is 0.516. The minimum Gasteiger partial charge on any atom is -0.496 e.